The number of aromatic nitrogens is 4. The van der Waals surface area contributed by atoms with E-state index in [0.717, 1.165) is 5.56 Å². The summed E-state index contributed by atoms with van der Waals surface area (Å²) in [6, 6.07) is 10.3. The zero-order valence-electron chi connectivity index (χ0n) is 20.0. The molecule has 2 amide bonds. The third kappa shape index (κ3) is 5.17. The van der Waals surface area contributed by atoms with Crippen LogP contribution >= 0.6 is 0 Å². The third-order valence-electron chi connectivity index (χ3n) is 5.60. The maximum atomic E-state index is 13.0. The molecule has 12 nitrogen and oxygen atoms in total. The van der Waals surface area contributed by atoms with Gasteiger partial charge in [-0.15, -0.1) is 0 Å². The molecule has 0 saturated carbocycles. The standard InChI is InChI=1S/C24H25N7O5/c1-4-29-14-20(21(28-29)24(33)25-12-19-9-6-10-36-19)26-23(32)18-8-5-7-17(11-18)13-30-16(3)22(31(34)35)15(2)27-30/h5-11,14H,4,12-13H2,1-3H3,(H,25,33)(H,26,32). The molecule has 36 heavy (non-hydrogen) atoms. The molecule has 2 N–H and O–H groups in total. The van der Waals surface area contributed by atoms with Crippen molar-refractivity contribution in [2.45, 2.75) is 40.4 Å². The minimum absolute atomic E-state index is 0.0188. The fourth-order valence-corrected chi connectivity index (χ4v) is 3.79. The molecule has 0 radical (unpaired) electrons. The Morgan fingerprint density at radius 2 is 1.94 bits per heavy atom. The fourth-order valence-electron chi connectivity index (χ4n) is 3.79. The number of benzene rings is 1. The first kappa shape index (κ1) is 24.4. The van der Waals surface area contributed by atoms with Crippen molar-refractivity contribution < 1.29 is 18.9 Å². The van der Waals surface area contributed by atoms with E-state index in [1.165, 1.54) is 10.9 Å². The number of amides is 2. The molecule has 3 heterocycles. The molecule has 0 bridgehead atoms. The van der Waals surface area contributed by atoms with E-state index < -0.39 is 16.7 Å². The van der Waals surface area contributed by atoms with Gasteiger partial charge < -0.3 is 15.1 Å². The summed E-state index contributed by atoms with van der Waals surface area (Å²) in [4.78, 5) is 36.6. The van der Waals surface area contributed by atoms with Crippen LogP contribution in [0.5, 0.6) is 0 Å². The van der Waals surface area contributed by atoms with E-state index in [-0.39, 0.29) is 30.2 Å². The highest BCUT2D eigenvalue weighted by Gasteiger charge is 2.22. The Balaban J connectivity index is 1.51. The second kappa shape index (κ2) is 10.3. The Bertz CT molecular complexity index is 1420. The van der Waals surface area contributed by atoms with E-state index in [2.05, 4.69) is 20.8 Å². The number of hydrogen-bond acceptors (Lipinski definition) is 7. The van der Waals surface area contributed by atoms with E-state index in [4.69, 9.17) is 4.42 Å². The average molecular weight is 492 g/mol. The number of nitro groups is 1. The molecule has 12 heteroatoms. The van der Waals surface area contributed by atoms with E-state index in [0.29, 0.717) is 29.3 Å². The number of nitrogens with zero attached hydrogens (tertiary/aromatic N) is 5. The Morgan fingerprint density at radius 3 is 2.61 bits per heavy atom. The van der Waals surface area contributed by atoms with Crippen molar-refractivity contribution in [1.29, 1.82) is 0 Å². The minimum Gasteiger partial charge on any atom is -0.467 e. The number of carbonyl (C=O) groups excluding carboxylic acids is 2. The maximum Gasteiger partial charge on any atom is 0.312 e. The zero-order chi connectivity index (χ0) is 25.8. The van der Waals surface area contributed by atoms with Gasteiger partial charge in [-0.25, -0.2) is 0 Å². The number of furan rings is 1. The van der Waals surface area contributed by atoms with Crippen LogP contribution in [0.15, 0.2) is 53.3 Å². The molecule has 0 spiro atoms. The van der Waals surface area contributed by atoms with Gasteiger partial charge in [0, 0.05) is 18.3 Å². The van der Waals surface area contributed by atoms with Crippen LogP contribution in [0.4, 0.5) is 11.4 Å². The van der Waals surface area contributed by atoms with Crippen LogP contribution in [0.1, 0.15) is 50.5 Å². The average Bonchev–Trinajstić information content (AvgIpc) is 3.57. The zero-order valence-corrected chi connectivity index (χ0v) is 20.0. The van der Waals surface area contributed by atoms with Crippen LogP contribution in [0.2, 0.25) is 0 Å². The maximum absolute atomic E-state index is 13.0. The van der Waals surface area contributed by atoms with Gasteiger partial charge in [0.25, 0.3) is 11.8 Å². The highest BCUT2D eigenvalue weighted by Crippen LogP contribution is 2.23. The van der Waals surface area contributed by atoms with Crippen LogP contribution in [0, 0.1) is 24.0 Å². The van der Waals surface area contributed by atoms with Crippen molar-refractivity contribution in [1.82, 2.24) is 24.9 Å². The molecule has 0 unspecified atom stereocenters. The summed E-state index contributed by atoms with van der Waals surface area (Å²) in [6.07, 6.45) is 3.11. The molecule has 0 atom stereocenters. The quantitative estimate of drug-likeness (QED) is 0.269. The lowest BCUT2D eigenvalue weighted by Gasteiger charge is -2.08. The predicted octanol–water partition coefficient (Wildman–Crippen LogP) is 3.45. The van der Waals surface area contributed by atoms with Gasteiger partial charge in [-0.3, -0.25) is 29.1 Å². The minimum atomic E-state index is -0.450. The van der Waals surface area contributed by atoms with E-state index in [1.807, 2.05) is 13.0 Å². The van der Waals surface area contributed by atoms with Crippen molar-refractivity contribution in [3.05, 3.63) is 92.9 Å². The van der Waals surface area contributed by atoms with Crippen molar-refractivity contribution >= 4 is 23.2 Å². The van der Waals surface area contributed by atoms with Gasteiger partial charge in [-0.1, -0.05) is 12.1 Å². The smallest absolute Gasteiger partial charge is 0.312 e. The van der Waals surface area contributed by atoms with Gasteiger partial charge in [0.2, 0.25) is 0 Å². The molecule has 0 aliphatic heterocycles. The second-order valence-corrected chi connectivity index (χ2v) is 8.10. The Kier molecular flexibility index (Phi) is 6.95. The largest absolute Gasteiger partial charge is 0.467 e. The highest BCUT2D eigenvalue weighted by atomic mass is 16.6. The third-order valence-corrected chi connectivity index (χ3v) is 5.60. The summed E-state index contributed by atoms with van der Waals surface area (Å²) in [5.41, 5.74) is 2.20. The first-order valence-corrected chi connectivity index (χ1v) is 11.2. The lowest BCUT2D eigenvalue weighted by Crippen LogP contribution is -2.25. The van der Waals surface area contributed by atoms with E-state index in [9.17, 15) is 19.7 Å². The lowest BCUT2D eigenvalue weighted by atomic mass is 10.1. The van der Waals surface area contributed by atoms with Gasteiger partial charge >= 0.3 is 5.69 Å². The molecule has 186 valence electrons. The number of rotatable bonds is 9. The number of hydrogen-bond donors (Lipinski definition) is 2. The summed E-state index contributed by atoms with van der Waals surface area (Å²) in [5.74, 6) is -0.283. The lowest BCUT2D eigenvalue weighted by molar-refractivity contribution is -0.386. The molecular weight excluding hydrogens is 466 g/mol. The van der Waals surface area contributed by atoms with Gasteiger partial charge in [0.1, 0.15) is 17.1 Å². The van der Waals surface area contributed by atoms with Gasteiger partial charge in [-0.05, 0) is 50.6 Å². The second-order valence-electron chi connectivity index (χ2n) is 8.10. The SMILES string of the molecule is CCn1cc(NC(=O)c2cccc(Cn3nc(C)c([N+](=O)[O-])c3C)c2)c(C(=O)NCc2ccco2)n1. The number of nitrogens with one attached hydrogen (secondary N) is 2. The van der Waals surface area contributed by atoms with Crippen molar-refractivity contribution in [2.75, 3.05) is 5.32 Å². The first-order valence-electron chi connectivity index (χ1n) is 11.2. The molecule has 3 aromatic heterocycles. The monoisotopic (exact) mass is 491 g/mol. The summed E-state index contributed by atoms with van der Waals surface area (Å²) in [5, 5.41) is 25.3. The molecule has 0 aliphatic carbocycles. The topological polar surface area (TPSA) is 150 Å². The van der Waals surface area contributed by atoms with Crippen molar-refractivity contribution in [3.63, 3.8) is 0 Å². The molecule has 4 aromatic rings. The normalized spacial score (nSPS) is 10.9. The molecular formula is C24H25N7O5. The number of anilines is 1. The van der Waals surface area contributed by atoms with Crippen LogP contribution in [-0.4, -0.2) is 36.3 Å². The summed E-state index contributed by atoms with van der Waals surface area (Å²) in [6.45, 7) is 6.05. The van der Waals surface area contributed by atoms with Crippen molar-refractivity contribution in [2.24, 2.45) is 0 Å². The summed E-state index contributed by atoms with van der Waals surface area (Å²) in [7, 11) is 0. The summed E-state index contributed by atoms with van der Waals surface area (Å²) < 4.78 is 8.33. The predicted molar refractivity (Wildman–Crippen MR) is 130 cm³/mol. The molecule has 1 aromatic carbocycles. The van der Waals surface area contributed by atoms with E-state index >= 15 is 0 Å². The fraction of sp³-hybridized carbons (Fsp3) is 0.250. The number of aryl methyl sites for hydroxylation is 2. The van der Waals surface area contributed by atoms with E-state index in [1.54, 1.807) is 55.1 Å². The van der Waals surface area contributed by atoms with Crippen LogP contribution in [0.3, 0.4) is 0 Å². The van der Waals surface area contributed by atoms with Gasteiger partial charge in [0.15, 0.2) is 5.69 Å². The first-order chi connectivity index (χ1) is 17.3. The molecule has 0 fully saturated rings. The highest BCUT2D eigenvalue weighted by molar-refractivity contribution is 6.08. The van der Waals surface area contributed by atoms with Gasteiger partial charge in [0.05, 0.1) is 30.0 Å². The molecule has 0 aliphatic rings. The van der Waals surface area contributed by atoms with Gasteiger partial charge in [-0.2, -0.15) is 10.2 Å². The van der Waals surface area contributed by atoms with Crippen LogP contribution < -0.4 is 10.6 Å². The van der Waals surface area contributed by atoms with Crippen LogP contribution in [-0.2, 0) is 19.6 Å². The number of carbonyl (C=O) groups is 2. The summed E-state index contributed by atoms with van der Waals surface area (Å²) >= 11 is 0. The Labute approximate surface area is 206 Å². The Hall–Kier alpha value is -4.74. The van der Waals surface area contributed by atoms with Crippen LogP contribution in [0.25, 0.3) is 0 Å². The Morgan fingerprint density at radius 1 is 1.14 bits per heavy atom. The molecule has 4 rings (SSSR count). The van der Waals surface area contributed by atoms with Crippen molar-refractivity contribution in [3.8, 4) is 0 Å². The molecule has 0 saturated heterocycles.